The topological polar surface area (TPSA) is 35.5 Å². The van der Waals surface area contributed by atoms with Crippen LogP contribution in [0.5, 0.6) is 0 Å². The van der Waals surface area contributed by atoms with E-state index in [4.69, 9.17) is 9.39 Å². The van der Waals surface area contributed by atoms with Crippen LogP contribution in [0.3, 0.4) is 0 Å². The molecule has 102 valence electrons. The van der Waals surface area contributed by atoms with Gasteiger partial charge in [-0.3, -0.25) is 4.79 Å². The Labute approximate surface area is 131 Å². The lowest BCUT2D eigenvalue weighted by Crippen LogP contribution is -2.41. The van der Waals surface area contributed by atoms with E-state index in [1.165, 1.54) is 0 Å². The van der Waals surface area contributed by atoms with Crippen LogP contribution in [0.4, 0.5) is 0 Å². The Bertz CT molecular complexity index is 327. The molecule has 0 aromatic heterocycles. The molecular weight excluding hydrogens is 381 g/mol. The number of hydrogen-bond acceptors (Lipinski definition) is 4. The van der Waals surface area contributed by atoms with Crippen molar-refractivity contribution >= 4 is 55.9 Å². The molecule has 0 saturated carbocycles. The number of rotatable bonds is 5. The third kappa shape index (κ3) is 5.12. The molecule has 0 aromatic rings. The van der Waals surface area contributed by atoms with Crippen molar-refractivity contribution in [1.29, 1.82) is 0 Å². The normalized spacial score (nSPS) is 29.5. The van der Waals surface area contributed by atoms with E-state index < -0.39 is 0 Å². The molecule has 0 radical (unpaired) electrons. The molecule has 3 nitrogen and oxygen atoms in total. The summed E-state index contributed by atoms with van der Waals surface area (Å²) >= 11 is 6.31. The largest absolute Gasteiger partial charge is 0.422 e. The van der Waals surface area contributed by atoms with Gasteiger partial charge in [0, 0.05) is 18.9 Å². The Morgan fingerprint density at radius 1 is 1.78 bits per heavy atom. The zero-order valence-electron chi connectivity index (χ0n) is 10.6. The molecule has 1 saturated heterocycles. The van der Waals surface area contributed by atoms with Gasteiger partial charge in [0.1, 0.15) is 5.78 Å². The van der Waals surface area contributed by atoms with Gasteiger partial charge in [-0.05, 0) is 23.0 Å². The fourth-order valence-electron chi connectivity index (χ4n) is 1.91. The smallest absolute Gasteiger partial charge is 0.380 e. The fraction of sp³-hybridized carbons (Fsp3) is 0.727. The van der Waals surface area contributed by atoms with Crippen LogP contribution in [0, 0.1) is 5.92 Å². The highest BCUT2D eigenvalue weighted by Crippen LogP contribution is 2.28. The summed E-state index contributed by atoms with van der Waals surface area (Å²) in [5.41, 5.74) is 1.11. The second kappa shape index (κ2) is 8.25. The molecule has 7 heteroatoms. The van der Waals surface area contributed by atoms with E-state index in [0.717, 1.165) is 12.0 Å². The molecule has 1 heterocycles. The molecule has 1 rings (SSSR count). The number of Topliss-reactive ketones (excluding diaryl/α,β-unsaturated/α-hetero) is 1. The van der Waals surface area contributed by atoms with E-state index in [1.54, 1.807) is 0 Å². The lowest BCUT2D eigenvalue weighted by molar-refractivity contribution is -0.142. The van der Waals surface area contributed by atoms with E-state index in [1.807, 2.05) is 17.9 Å². The Hall–Kier alpha value is 0.905. The van der Waals surface area contributed by atoms with Gasteiger partial charge in [0.15, 0.2) is 0 Å². The van der Waals surface area contributed by atoms with Gasteiger partial charge in [0.25, 0.3) is 0 Å². The minimum absolute atomic E-state index is 0.0465. The van der Waals surface area contributed by atoms with Gasteiger partial charge >= 0.3 is 5.91 Å². The molecule has 1 aliphatic heterocycles. The number of ether oxygens (including phenoxy) is 1. The van der Waals surface area contributed by atoms with Crippen LogP contribution in [0.1, 0.15) is 26.7 Å². The monoisotopic (exact) mass is 400 g/mol. The minimum Gasteiger partial charge on any atom is -0.422 e. The van der Waals surface area contributed by atoms with Crippen LogP contribution < -0.4 is 0 Å². The second-order valence-corrected chi connectivity index (χ2v) is 6.82. The van der Waals surface area contributed by atoms with Gasteiger partial charge in [-0.1, -0.05) is 29.5 Å². The molecule has 0 aromatic carbocycles. The Morgan fingerprint density at radius 3 is 3.00 bits per heavy atom. The highest BCUT2D eigenvalue weighted by molar-refractivity contribution is 14.1. The first kappa shape index (κ1) is 17.0. The van der Waals surface area contributed by atoms with Gasteiger partial charge in [0.2, 0.25) is 0 Å². The highest BCUT2D eigenvalue weighted by Gasteiger charge is 2.34. The molecule has 0 spiro atoms. The average Bonchev–Trinajstić information content (AvgIpc) is 2.32. The standard InChI is InChI=1S/C11H19BIO3PS/c1-7(6-13)11-5-9(14)8(2)10(16-11)3-4-15-12(17)18/h6,8,10-11,18H,3-5,17H2,1-2H3/b7-6+/t8-,10-,11-/m1/s1. The summed E-state index contributed by atoms with van der Waals surface area (Å²) in [5, 5.41) is 0. The van der Waals surface area contributed by atoms with Crippen molar-refractivity contribution in [3.63, 3.8) is 0 Å². The predicted molar refractivity (Wildman–Crippen MR) is 90.2 cm³/mol. The summed E-state index contributed by atoms with van der Waals surface area (Å²) in [6.07, 6.45) is 1.09. The van der Waals surface area contributed by atoms with Crippen LogP contribution >= 0.6 is 44.2 Å². The van der Waals surface area contributed by atoms with Crippen LogP contribution in [-0.2, 0) is 14.2 Å². The molecule has 18 heavy (non-hydrogen) atoms. The summed E-state index contributed by atoms with van der Waals surface area (Å²) in [4.78, 5) is 12.0. The van der Waals surface area contributed by atoms with Crippen molar-refractivity contribution in [1.82, 2.24) is 0 Å². The van der Waals surface area contributed by atoms with Gasteiger partial charge < -0.3 is 9.39 Å². The van der Waals surface area contributed by atoms with Crippen molar-refractivity contribution in [2.75, 3.05) is 6.61 Å². The number of carbonyl (C=O) groups excluding carboxylic acids is 1. The molecule has 1 fully saturated rings. The van der Waals surface area contributed by atoms with E-state index in [2.05, 4.69) is 44.2 Å². The van der Waals surface area contributed by atoms with E-state index >= 15 is 0 Å². The zero-order chi connectivity index (χ0) is 13.7. The molecule has 0 amide bonds. The molecule has 0 N–H and O–H groups in total. The van der Waals surface area contributed by atoms with Crippen LogP contribution in [0.15, 0.2) is 9.66 Å². The Morgan fingerprint density at radius 2 is 2.44 bits per heavy atom. The molecular formula is C11H19BIO3PS. The average molecular weight is 400 g/mol. The fourth-order valence-corrected chi connectivity index (χ4v) is 2.56. The maximum Gasteiger partial charge on any atom is 0.380 e. The van der Waals surface area contributed by atoms with Crippen molar-refractivity contribution in [3.8, 4) is 0 Å². The third-order valence-corrected chi connectivity index (χ3v) is 4.49. The highest BCUT2D eigenvalue weighted by atomic mass is 127. The van der Waals surface area contributed by atoms with Gasteiger partial charge in [-0.15, -0.1) is 9.12 Å². The Balaban J connectivity index is 2.56. The summed E-state index contributed by atoms with van der Waals surface area (Å²) in [6.45, 7) is 4.49. The minimum atomic E-state index is -0.161. The Kier molecular flexibility index (Phi) is 7.77. The maximum absolute atomic E-state index is 12.0. The zero-order valence-corrected chi connectivity index (χ0v) is 14.8. The maximum atomic E-state index is 12.0. The van der Waals surface area contributed by atoms with Crippen LogP contribution in [-0.4, -0.2) is 30.5 Å². The lowest BCUT2D eigenvalue weighted by Gasteiger charge is -2.34. The molecule has 1 aliphatic rings. The SMILES string of the molecule is C/C(=C\I)[C@H]1CC(=O)[C@@H](C)[C@@H](CCOB(P)S)O1. The summed E-state index contributed by atoms with van der Waals surface area (Å²) in [5.74, 6) is 0.0725. The van der Waals surface area contributed by atoms with Crippen molar-refractivity contribution in [2.45, 2.75) is 38.9 Å². The number of thiol groups is 1. The number of halogens is 1. The second-order valence-electron chi connectivity index (χ2n) is 4.53. The molecule has 0 bridgehead atoms. The third-order valence-electron chi connectivity index (χ3n) is 3.16. The molecule has 4 atom stereocenters. The lowest BCUT2D eigenvalue weighted by atomic mass is 9.88. The van der Waals surface area contributed by atoms with Crippen molar-refractivity contribution < 1.29 is 14.2 Å². The molecule has 0 aliphatic carbocycles. The van der Waals surface area contributed by atoms with Crippen LogP contribution in [0.25, 0.3) is 0 Å². The summed E-state index contributed by atoms with van der Waals surface area (Å²) in [7, 11) is 2.47. The number of hydrogen-bond donors (Lipinski definition) is 1. The number of ketones is 1. The van der Waals surface area contributed by atoms with E-state index in [0.29, 0.717) is 13.0 Å². The van der Waals surface area contributed by atoms with E-state index in [-0.39, 0.29) is 29.8 Å². The number of carbonyl (C=O) groups is 1. The van der Waals surface area contributed by atoms with Crippen LogP contribution in [0.2, 0.25) is 0 Å². The first-order valence-corrected chi connectivity index (χ1v) is 8.39. The first-order chi connectivity index (χ1) is 8.45. The van der Waals surface area contributed by atoms with E-state index in [9.17, 15) is 4.79 Å². The van der Waals surface area contributed by atoms with Gasteiger partial charge in [0.05, 0.1) is 12.2 Å². The van der Waals surface area contributed by atoms with Gasteiger partial charge in [-0.2, -0.15) is 12.5 Å². The summed E-state index contributed by atoms with van der Waals surface area (Å²) in [6, 6.07) is 0. The van der Waals surface area contributed by atoms with Crippen molar-refractivity contribution in [3.05, 3.63) is 9.66 Å². The quantitative estimate of drug-likeness (QED) is 0.334. The summed E-state index contributed by atoms with van der Waals surface area (Å²) < 4.78 is 13.3. The predicted octanol–water partition coefficient (Wildman–Crippen LogP) is 2.88. The van der Waals surface area contributed by atoms with Crippen molar-refractivity contribution in [2.24, 2.45) is 5.92 Å². The molecule has 1 unspecified atom stereocenters. The van der Waals surface area contributed by atoms with Gasteiger partial charge in [-0.25, -0.2) is 0 Å². The first-order valence-electron chi connectivity index (χ1n) is 5.96.